The Morgan fingerprint density at radius 2 is 0.786 bits per heavy atom. The van der Waals surface area contributed by atoms with Gasteiger partial charge in [-0.1, -0.05) is 97.1 Å². The van der Waals surface area contributed by atoms with Crippen LogP contribution in [0.5, 0.6) is 0 Å². The lowest BCUT2D eigenvalue weighted by molar-refractivity contribution is 0.111. The Kier molecular flexibility index (Phi) is 6.05. The highest BCUT2D eigenvalue weighted by atomic mass is 127. The molecule has 0 fully saturated rings. The van der Waals surface area contributed by atoms with E-state index in [1.165, 1.54) is 21.5 Å². The highest BCUT2D eigenvalue weighted by Crippen LogP contribution is 2.49. The molecule has 0 atom stereocenters. The number of halogens is 2. The highest BCUT2D eigenvalue weighted by Gasteiger charge is 2.23. The summed E-state index contributed by atoms with van der Waals surface area (Å²) in [5.41, 5.74) is 3.62. The fraction of sp³-hybridized carbons (Fsp3) is 0. The number of carbonyl (C=O) groups is 2. The number of fused-ring (bicyclic) bond motifs is 10. The molecule has 8 aromatic carbocycles. The first kappa shape index (κ1) is 25.8. The van der Waals surface area contributed by atoms with Crippen LogP contribution in [0.15, 0.2) is 109 Å². The van der Waals surface area contributed by atoms with E-state index in [1.54, 1.807) is 0 Å². The molecule has 0 amide bonds. The van der Waals surface area contributed by atoms with Gasteiger partial charge in [0.15, 0.2) is 0 Å². The fourth-order valence-electron chi connectivity index (χ4n) is 6.59. The van der Waals surface area contributed by atoms with Crippen molar-refractivity contribution in [2.24, 2.45) is 0 Å². The lowest BCUT2D eigenvalue weighted by Crippen LogP contribution is -1.97. The number of benzene rings is 8. The summed E-state index contributed by atoms with van der Waals surface area (Å²) in [4.78, 5) is 23.9. The van der Waals surface area contributed by atoms with Gasteiger partial charge in [-0.2, -0.15) is 0 Å². The van der Waals surface area contributed by atoms with Crippen molar-refractivity contribution < 1.29 is 9.59 Å². The summed E-state index contributed by atoms with van der Waals surface area (Å²) in [6.45, 7) is 0. The highest BCUT2D eigenvalue weighted by molar-refractivity contribution is 14.1. The van der Waals surface area contributed by atoms with Crippen molar-refractivity contribution >= 4 is 122 Å². The van der Waals surface area contributed by atoms with Gasteiger partial charge in [-0.3, -0.25) is 9.59 Å². The van der Waals surface area contributed by atoms with E-state index in [1.807, 2.05) is 36.4 Å². The van der Waals surface area contributed by atoms with Crippen molar-refractivity contribution in [2.45, 2.75) is 0 Å². The molecule has 0 unspecified atom stereocenters. The van der Waals surface area contributed by atoms with Gasteiger partial charge >= 0.3 is 0 Å². The average molecular weight is 762 g/mol. The van der Waals surface area contributed by atoms with E-state index in [-0.39, 0.29) is 0 Å². The van der Waals surface area contributed by atoms with Crippen LogP contribution in [-0.4, -0.2) is 12.6 Å². The largest absolute Gasteiger partial charge is 0.298 e. The summed E-state index contributed by atoms with van der Waals surface area (Å²) >= 11 is 5.05. The Morgan fingerprint density at radius 3 is 1.19 bits per heavy atom. The van der Waals surface area contributed by atoms with Gasteiger partial charge in [0, 0.05) is 29.4 Å². The summed E-state index contributed by atoms with van der Waals surface area (Å²) in [5, 5.41) is 13.6. The van der Waals surface area contributed by atoms with E-state index in [2.05, 4.69) is 118 Å². The maximum Gasteiger partial charge on any atom is 0.150 e. The molecule has 2 nitrogen and oxygen atoms in total. The normalized spacial score (nSPS) is 11.8. The summed E-state index contributed by atoms with van der Waals surface area (Å²) in [5.74, 6) is 0. The monoisotopic (exact) mass is 762 g/mol. The van der Waals surface area contributed by atoms with Crippen LogP contribution in [0.4, 0.5) is 0 Å². The second kappa shape index (κ2) is 9.85. The number of hydrogen-bond acceptors (Lipinski definition) is 2. The Balaban J connectivity index is 1.73. The van der Waals surface area contributed by atoms with Gasteiger partial charge in [0.05, 0.1) is 0 Å². The van der Waals surface area contributed by atoms with Gasteiger partial charge in [0.25, 0.3) is 0 Å². The summed E-state index contributed by atoms with van der Waals surface area (Å²) in [7, 11) is 0. The second-order valence-electron chi connectivity index (χ2n) is 10.6. The van der Waals surface area contributed by atoms with Crippen LogP contribution in [0.25, 0.3) is 75.8 Å². The van der Waals surface area contributed by atoms with Gasteiger partial charge in [-0.15, -0.1) is 0 Å². The van der Waals surface area contributed by atoms with E-state index < -0.39 is 0 Å². The molecule has 0 aliphatic heterocycles. The van der Waals surface area contributed by atoms with Crippen molar-refractivity contribution in [3.05, 3.63) is 127 Å². The van der Waals surface area contributed by atoms with Crippen LogP contribution in [0, 0.1) is 7.14 Å². The van der Waals surface area contributed by atoms with E-state index >= 15 is 0 Å². The number of rotatable bonds is 3. The van der Waals surface area contributed by atoms with Crippen LogP contribution < -0.4 is 0 Å². The molecule has 0 radical (unpaired) electrons. The topological polar surface area (TPSA) is 34.1 Å². The van der Waals surface area contributed by atoms with E-state index in [0.29, 0.717) is 11.1 Å². The third kappa shape index (κ3) is 3.67. The van der Waals surface area contributed by atoms with Gasteiger partial charge in [0.1, 0.15) is 12.6 Å². The predicted molar refractivity (Wildman–Crippen MR) is 193 cm³/mol. The molecule has 0 saturated carbocycles. The molecule has 0 aromatic heterocycles. The van der Waals surface area contributed by atoms with Crippen molar-refractivity contribution in [1.29, 1.82) is 0 Å². The standard InChI is InChI=1S/C38H20I2O2/c39-37-29-7-3-1-5-25(29)27-15-13-23-11-9-21(19-41)17-31(23)33(27)35(37)36-34-28(26-6-2-4-8-30(26)38(36)40)16-14-24-12-10-22(20-42)18-32(24)34/h1-20H. The zero-order valence-corrected chi connectivity index (χ0v) is 26.4. The van der Waals surface area contributed by atoms with Crippen molar-refractivity contribution in [3.8, 4) is 11.1 Å². The Labute approximate surface area is 268 Å². The van der Waals surface area contributed by atoms with Gasteiger partial charge in [0.2, 0.25) is 0 Å². The average Bonchev–Trinajstić information content (AvgIpc) is 3.05. The van der Waals surface area contributed by atoms with E-state index in [4.69, 9.17) is 0 Å². The first-order valence-electron chi connectivity index (χ1n) is 13.6. The molecular weight excluding hydrogens is 742 g/mol. The predicted octanol–water partition coefficient (Wildman–Crippen LogP) is 11.1. The number of hydrogen-bond donors (Lipinski definition) is 0. The maximum atomic E-state index is 12.0. The molecule has 0 aliphatic rings. The van der Waals surface area contributed by atoms with E-state index in [0.717, 1.165) is 73.9 Å². The first-order valence-corrected chi connectivity index (χ1v) is 15.8. The van der Waals surface area contributed by atoms with Crippen molar-refractivity contribution in [2.75, 3.05) is 0 Å². The molecule has 8 aromatic rings. The smallest absolute Gasteiger partial charge is 0.150 e. The minimum Gasteiger partial charge on any atom is -0.298 e. The van der Waals surface area contributed by atoms with Crippen molar-refractivity contribution in [1.82, 2.24) is 0 Å². The molecule has 8 rings (SSSR count). The molecule has 0 spiro atoms. The fourth-order valence-corrected chi connectivity index (χ4v) is 8.61. The van der Waals surface area contributed by atoms with Crippen LogP contribution in [0.1, 0.15) is 20.7 Å². The van der Waals surface area contributed by atoms with Crippen LogP contribution in [0.2, 0.25) is 0 Å². The number of carbonyl (C=O) groups excluding carboxylic acids is 2. The summed E-state index contributed by atoms with van der Waals surface area (Å²) in [6.07, 6.45) is 1.85. The van der Waals surface area contributed by atoms with Crippen molar-refractivity contribution in [3.63, 3.8) is 0 Å². The third-order valence-electron chi connectivity index (χ3n) is 8.46. The Morgan fingerprint density at radius 1 is 0.405 bits per heavy atom. The van der Waals surface area contributed by atoms with Crippen LogP contribution in [-0.2, 0) is 0 Å². The maximum absolute atomic E-state index is 12.0. The molecule has 0 heterocycles. The molecule has 42 heavy (non-hydrogen) atoms. The Bertz CT molecular complexity index is 2300. The van der Waals surface area contributed by atoms with Gasteiger partial charge in [-0.05, 0) is 122 Å². The molecule has 0 aliphatic carbocycles. The molecule has 4 heteroatoms. The lowest BCUT2D eigenvalue weighted by atomic mass is 9.85. The third-order valence-corrected chi connectivity index (χ3v) is 10.7. The quantitative estimate of drug-likeness (QED) is 0.102. The zero-order valence-electron chi connectivity index (χ0n) is 22.1. The molecule has 0 N–H and O–H groups in total. The van der Waals surface area contributed by atoms with Gasteiger partial charge < -0.3 is 0 Å². The number of aldehydes is 2. The summed E-state index contributed by atoms with van der Waals surface area (Å²) < 4.78 is 2.33. The molecule has 0 bridgehead atoms. The van der Waals surface area contributed by atoms with Gasteiger partial charge in [-0.25, -0.2) is 0 Å². The molecular formula is C38H20I2O2. The molecule has 0 saturated heterocycles. The minimum atomic E-state index is 0.656. The molecule has 198 valence electrons. The van der Waals surface area contributed by atoms with E-state index in [9.17, 15) is 9.59 Å². The second-order valence-corrected chi connectivity index (χ2v) is 12.8. The SMILES string of the molecule is O=Cc1ccc2ccc3c4ccccc4c(I)c(-c4c(I)c5ccccc5c5ccc6ccc(C=O)cc6c45)c3c2c1. The first-order chi connectivity index (χ1) is 20.6. The zero-order chi connectivity index (χ0) is 28.5. The lowest BCUT2D eigenvalue weighted by Gasteiger charge is -2.21. The Hall–Kier alpha value is -3.88. The van der Waals surface area contributed by atoms with Crippen LogP contribution >= 0.6 is 45.2 Å². The summed E-state index contributed by atoms with van der Waals surface area (Å²) in [6, 6.07) is 37.8. The minimum absolute atomic E-state index is 0.656. The van der Waals surface area contributed by atoms with Crippen LogP contribution in [0.3, 0.4) is 0 Å².